The molecule has 1 nitrogen and oxygen atoms in total. The summed E-state index contributed by atoms with van der Waals surface area (Å²) in [5, 5.41) is 0. The molecule has 0 heterocycles. The van der Waals surface area contributed by atoms with Crippen LogP contribution in [0.25, 0.3) is 0 Å². The van der Waals surface area contributed by atoms with Crippen molar-refractivity contribution in [2.45, 2.75) is 31.9 Å². The SMILES string of the molecule is CC(C)(C)SN=C(c1cccc(F)c1F)C(F)F. The molecule has 0 bridgehead atoms. The molecule has 1 aromatic carbocycles. The quantitative estimate of drug-likeness (QED) is 0.452. The standard InChI is InChI=1S/C12H13F4NS/c1-12(2,3)18-17-10(11(15)16)7-5-4-6-8(13)9(7)14/h4-6,11H,1-3H3. The van der Waals surface area contributed by atoms with Gasteiger partial charge >= 0.3 is 0 Å². The Kier molecular flexibility index (Phi) is 4.78. The Hall–Kier alpha value is -1.04. The molecule has 0 spiro atoms. The third-order valence-corrected chi connectivity index (χ3v) is 2.69. The number of halogens is 4. The van der Waals surface area contributed by atoms with E-state index in [0.29, 0.717) is 0 Å². The zero-order valence-electron chi connectivity index (χ0n) is 10.2. The molecule has 0 aromatic heterocycles. The molecule has 0 saturated heterocycles. The first-order valence-corrected chi connectivity index (χ1v) is 5.98. The Bertz CT molecular complexity index is 452. The highest BCUT2D eigenvalue weighted by Gasteiger charge is 2.22. The first kappa shape index (κ1) is 15.0. The first-order chi connectivity index (χ1) is 8.22. The van der Waals surface area contributed by atoms with Gasteiger partial charge in [0.15, 0.2) is 11.6 Å². The average Bonchev–Trinajstić information content (AvgIpc) is 2.22. The molecule has 0 aliphatic heterocycles. The van der Waals surface area contributed by atoms with Gasteiger partial charge in [0.1, 0.15) is 5.71 Å². The minimum Gasteiger partial charge on any atom is -0.214 e. The Morgan fingerprint density at radius 1 is 1.22 bits per heavy atom. The molecule has 18 heavy (non-hydrogen) atoms. The van der Waals surface area contributed by atoms with Crippen LogP contribution in [0.15, 0.2) is 22.6 Å². The maximum absolute atomic E-state index is 13.4. The van der Waals surface area contributed by atoms with E-state index in [0.717, 1.165) is 24.1 Å². The average molecular weight is 279 g/mol. The molecule has 0 radical (unpaired) electrons. The van der Waals surface area contributed by atoms with Crippen molar-refractivity contribution in [3.63, 3.8) is 0 Å². The lowest BCUT2D eigenvalue weighted by atomic mass is 10.1. The van der Waals surface area contributed by atoms with Crippen molar-refractivity contribution in [2.75, 3.05) is 0 Å². The summed E-state index contributed by atoms with van der Waals surface area (Å²) in [6, 6.07) is 3.14. The fourth-order valence-corrected chi connectivity index (χ4v) is 1.64. The van der Waals surface area contributed by atoms with Crippen molar-refractivity contribution < 1.29 is 17.6 Å². The van der Waals surface area contributed by atoms with Gasteiger partial charge in [0.2, 0.25) is 0 Å². The Balaban J connectivity index is 3.17. The summed E-state index contributed by atoms with van der Waals surface area (Å²) in [5.41, 5.74) is -1.24. The van der Waals surface area contributed by atoms with Crippen molar-refractivity contribution in [1.29, 1.82) is 0 Å². The minimum atomic E-state index is -2.96. The Morgan fingerprint density at radius 3 is 2.33 bits per heavy atom. The topological polar surface area (TPSA) is 12.4 Å². The van der Waals surface area contributed by atoms with Gasteiger partial charge in [-0.15, -0.1) is 0 Å². The number of nitrogens with zero attached hydrogens (tertiary/aromatic N) is 1. The fraction of sp³-hybridized carbons (Fsp3) is 0.417. The van der Waals surface area contributed by atoms with Gasteiger partial charge in [-0.1, -0.05) is 6.07 Å². The summed E-state index contributed by atoms with van der Waals surface area (Å²) in [6.07, 6.45) is -2.96. The van der Waals surface area contributed by atoms with Gasteiger partial charge in [-0.2, -0.15) is 0 Å². The molecule has 1 aromatic rings. The zero-order chi connectivity index (χ0) is 13.9. The molecule has 100 valence electrons. The number of benzene rings is 1. The number of rotatable bonds is 3. The molecule has 0 fully saturated rings. The number of hydrogen-bond acceptors (Lipinski definition) is 2. The van der Waals surface area contributed by atoms with E-state index in [9.17, 15) is 17.6 Å². The van der Waals surface area contributed by atoms with E-state index in [1.807, 2.05) is 0 Å². The molecule has 0 saturated carbocycles. The summed E-state index contributed by atoms with van der Waals surface area (Å²) in [4.78, 5) is 0. The molecular formula is C12H13F4NS. The summed E-state index contributed by atoms with van der Waals surface area (Å²) in [6.45, 7) is 5.35. The second-order valence-electron chi connectivity index (χ2n) is 4.58. The van der Waals surface area contributed by atoms with Gasteiger partial charge in [0, 0.05) is 10.3 Å². The summed E-state index contributed by atoms with van der Waals surface area (Å²) < 4.78 is 55.4. The largest absolute Gasteiger partial charge is 0.281 e. The van der Waals surface area contributed by atoms with E-state index < -0.39 is 29.3 Å². The molecule has 0 N–H and O–H groups in total. The fourth-order valence-electron chi connectivity index (χ4n) is 1.09. The molecule has 0 atom stereocenters. The molecule has 0 aliphatic carbocycles. The lowest BCUT2D eigenvalue weighted by molar-refractivity contribution is 0.226. The predicted molar refractivity (Wildman–Crippen MR) is 66.2 cm³/mol. The van der Waals surface area contributed by atoms with Gasteiger partial charge in [0.05, 0.1) is 0 Å². The number of alkyl halides is 2. The van der Waals surface area contributed by atoms with Crippen LogP contribution in [0.1, 0.15) is 26.3 Å². The summed E-state index contributed by atoms with van der Waals surface area (Å²) >= 11 is 0.898. The highest BCUT2D eigenvalue weighted by molar-refractivity contribution is 7.99. The van der Waals surface area contributed by atoms with Crippen LogP contribution in [0.2, 0.25) is 0 Å². The van der Waals surface area contributed by atoms with Crippen LogP contribution in [-0.2, 0) is 0 Å². The lowest BCUT2D eigenvalue weighted by Crippen LogP contribution is -2.16. The van der Waals surface area contributed by atoms with E-state index in [1.54, 1.807) is 20.8 Å². The Morgan fingerprint density at radius 2 is 1.83 bits per heavy atom. The van der Waals surface area contributed by atoms with E-state index >= 15 is 0 Å². The predicted octanol–water partition coefficient (Wildman–Crippen LogP) is 4.47. The molecule has 0 amide bonds. The van der Waals surface area contributed by atoms with Crippen molar-refractivity contribution in [3.8, 4) is 0 Å². The van der Waals surface area contributed by atoms with Crippen molar-refractivity contribution in [2.24, 2.45) is 4.40 Å². The van der Waals surface area contributed by atoms with Crippen LogP contribution >= 0.6 is 11.9 Å². The molecule has 0 unspecified atom stereocenters. The summed E-state index contributed by atoms with van der Waals surface area (Å²) in [7, 11) is 0. The van der Waals surface area contributed by atoms with E-state index in [2.05, 4.69) is 4.40 Å². The molecular weight excluding hydrogens is 266 g/mol. The highest BCUT2D eigenvalue weighted by atomic mass is 32.2. The van der Waals surface area contributed by atoms with Crippen molar-refractivity contribution >= 4 is 17.7 Å². The second kappa shape index (κ2) is 5.73. The first-order valence-electron chi connectivity index (χ1n) is 5.21. The maximum Gasteiger partial charge on any atom is 0.281 e. The van der Waals surface area contributed by atoms with Gasteiger partial charge < -0.3 is 0 Å². The van der Waals surface area contributed by atoms with Crippen LogP contribution in [0.4, 0.5) is 17.6 Å². The monoisotopic (exact) mass is 279 g/mol. The molecule has 6 heteroatoms. The van der Waals surface area contributed by atoms with Crippen LogP contribution in [-0.4, -0.2) is 16.9 Å². The van der Waals surface area contributed by atoms with E-state index in [4.69, 9.17) is 0 Å². The van der Waals surface area contributed by atoms with Crippen LogP contribution < -0.4 is 0 Å². The van der Waals surface area contributed by atoms with Gasteiger partial charge in [0.25, 0.3) is 6.43 Å². The highest BCUT2D eigenvalue weighted by Crippen LogP contribution is 2.27. The zero-order valence-corrected chi connectivity index (χ0v) is 11.0. The second-order valence-corrected chi connectivity index (χ2v) is 6.17. The Labute approximate surface area is 107 Å². The van der Waals surface area contributed by atoms with Gasteiger partial charge in [-0.05, 0) is 44.9 Å². The van der Waals surface area contributed by atoms with Crippen LogP contribution in [0.5, 0.6) is 0 Å². The molecule has 0 aliphatic rings. The minimum absolute atomic E-state index is 0.385. The van der Waals surface area contributed by atoms with Crippen LogP contribution in [0, 0.1) is 11.6 Å². The molecule has 1 rings (SSSR count). The lowest BCUT2D eigenvalue weighted by Gasteiger charge is -2.15. The van der Waals surface area contributed by atoms with Gasteiger partial charge in [-0.25, -0.2) is 22.0 Å². The number of hydrogen-bond donors (Lipinski definition) is 0. The smallest absolute Gasteiger partial charge is 0.214 e. The maximum atomic E-state index is 13.4. The summed E-state index contributed by atoms with van der Waals surface area (Å²) in [5.74, 6) is -2.47. The van der Waals surface area contributed by atoms with Crippen molar-refractivity contribution in [3.05, 3.63) is 35.4 Å². The van der Waals surface area contributed by atoms with Gasteiger partial charge in [-0.3, -0.25) is 0 Å². The third-order valence-electron chi connectivity index (χ3n) is 1.85. The van der Waals surface area contributed by atoms with Crippen LogP contribution in [0.3, 0.4) is 0 Å². The third kappa shape index (κ3) is 4.01. The normalized spacial score (nSPS) is 13.2. The van der Waals surface area contributed by atoms with E-state index in [-0.39, 0.29) is 4.75 Å². The van der Waals surface area contributed by atoms with Crippen molar-refractivity contribution in [1.82, 2.24) is 0 Å². The van der Waals surface area contributed by atoms with E-state index in [1.165, 1.54) is 6.07 Å².